The summed E-state index contributed by atoms with van der Waals surface area (Å²) in [7, 11) is -3.64. The SMILES string of the molecule is O=C(NCCS(=O)(=O)Nc1ccn2nccc2c1)c1cc(-c2ccccc2)on1. The summed E-state index contributed by atoms with van der Waals surface area (Å²) in [6.45, 7) is -0.0728. The average molecular weight is 411 g/mol. The van der Waals surface area contributed by atoms with Gasteiger partial charge in [0.2, 0.25) is 10.0 Å². The van der Waals surface area contributed by atoms with Crippen molar-refractivity contribution in [3.05, 3.63) is 72.7 Å². The van der Waals surface area contributed by atoms with Crippen molar-refractivity contribution in [1.29, 1.82) is 0 Å². The van der Waals surface area contributed by atoms with E-state index < -0.39 is 15.9 Å². The summed E-state index contributed by atoms with van der Waals surface area (Å²) < 4.78 is 33.8. The molecule has 3 aromatic heterocycles. The van der Waals surface area contributed by atoms with Gasteiger partial charge in [-0.2, -0.15) is 5.10 Å². The highest BCUT2D eigenvalue weighted by atomic mass is 32.2. The lowest BCUT2D eigenvalue weighted by Gasteiger charge is -2.08. The van der Waals surface area contributed by atoms with E-state index in [4.69, 9.17) is 4.52 Å². The van der Waals surface area contributed by atoms with Gasteiger partial charge in [0.15, 0.2) is 11.5 Å². The van der Waals surface area contributed by atoms with Gasteiger partial charge in [0, 0.05) is 30.6 Å². The first-order chi connectivity index (χ1) is 14.0. The third-order valence-electron chi connectivity index (χ3n) is 4.13. The third kappa shape index (κ3) is 4.43. The Bertz CT molecular complexity index is 1250. The number of rotatable bonds is 7. The van der Waals surface area contributed by atoms with Gasteiger partial charge in [0.25, 0.3) is 5.91 Å². The minimum atomic E-state index is -3.64. The van der Waals surface area contributed by atoms with Gasteiger partial charge >= 0.3 is 0 Å². The Labute approximate surface area is 166 Å². The molecule has 0 spiro atoms. The number of hydrogen-bond acceptors (Lipinski definition) is 6. The fraction of sp³-hybridized carbons (Fsp3) is 0.105. The molecule has 0 aliphatic carbocycles. The van der Waals surface area contributed by atoms with Crippen LogP contribution in [0, 0.1) is 0 Å². The fourth-order valence-electron chi connectivity index (χ4n) is 2.73. The summed E-state index contributed by atoms with van der Waals surface area (Å²) in [6.07, 6.45) is 3.28. The molecule has 0 atom stereocenters. The number of carbonyl (C=O) groups is 1. The number of nitrogens with zero attached hydrogens (tertiary/aromatic N) is 3. The van der Waals surface area contributed by atoms with Gasteiger partial charge in [0.05, 0.1) is 17.0 Å². The molecule has 148 valence electrons. The van der Waals surface area contributed by atoms with Crippen LogP contribution in [0.2, 0.25) is 0 Å². The van der Waals surface area contributed by atoms with Crippen molar-refractivity contribution in [2.45, 2.75) is 0 Å². The minimum Gasteiger partial charge on any atom is -0.355 e. The molecule has 4 aromatic rings. The van der Waals surface area contributed by atoms with Crippen LogP contribution in [0.4, 0.5) is 5.69 Å². The van der Waals surface area contributed by atoms with E-state index in [-0.39, 0.29) is 18.0 Å². The van der Waals surface area contributed by atoms with Crippen LogP contribution in [0.15, 0.2) is 71.5 Å². The van der Waals surface area contributed by atoms with Crippen LogP contribution in [-0.4, -0.2) is 41.4 Å². The van der Waals surface area contributed by atoms with Crippen LogP contribution in [0.5, 0.6) is 0 Å². The van der Waals surface area contributed by atoms with Gasteiger partial charge in [-0.3, -0.25) is 9.52 Å². The van der Waals surface area contributed by atoms with Crippen LogP contribution in [-0.2, 0) is 10.0 Å². The minimum absolute atomic E-state index is 0.0728. The lowest BCUT2D eigenvalue weighted by Crippen LogP contribution is -2.31. The van der Waals surface area contributed by atoms with Crippen molar-refractivity contribution in [3.8, 4) is 11.3 Å². The molecule has 0 aliphatic heterocycles. The molecular formula is C19H17N5O4S. The van der Waals surface area contributed by atoms with E-state index in [1.165, 1.54) is 6.07 Å². The van der Waals surface area contributed by atoms with E-state index in [1.54, 1.807) is 35.1 Å². The number of fused-ring (bicyclic) bond motifs is 1. The predicted octanol–water partition coefficient (Wildman–Crippen LogP) is 2.16. The summed E-state index contributed by atoms with van der Waals surface area (Å²) >= 11 is 0. The second kappa shape index (κ2) is 7.76. The van der Waals surface area contributed by atoms with Crippen molar-refractivity contribution < 1.29 is 17.7 Å². The van der Waals surface area contributed by atoms with Gasteiger partial charge in [0.1, 0.15) is 0 Å². The molecule has 0 fully saturated rings. The molecule has 1 aromatic carbocycles. The van der Waals surface area contributed by atoms with E-state index in [2.05, 4.69) is 20.3 Å². The number of hydrogen-bond donors (Lipinski definition) is 2. The Morgan fingerprint density at radius 1 is 1.10 bits per heavy atom. The van der Waals surface area contributed by atoms with Gasteiger partial charge in [-0.15, -0.1) is 0 Å². The highest BCUT2D eigenvalue weighted by molar-refractivity contribution is 7.92. The van der Waals surface area contributed by atoms with E-state index in [1.807, 2.05) is 30.3 Å². The smallest absolute Gasteiger partial charge is 0.273 e. The first kappa shape index (κ1) is 18.7. The molecular weight excluding hydrogens is 394 g/mol. The Hall–Kier alpha value is -3.66. The zero-order chi connectivity index (χ0) is 20.3. The lowest BCUT2D eigenvalue weighted by atomic mass is 10.1. The van der Waals surface area contributed by atoms with Crippen molar-refractivity contribution in [2.24, 2.45) is 0 Å². The van der Waals surface area contributed by atoms with Crippen molar-refractivity contribution >= 4 is 27.1 Å². The maximum absolute atomic E-state index is 12.3. The summed E-state index contributed by atoms with van der Waals surface area (Å²) in [4.78, 5) is 12.2. The first-order valence-electron chi connectivity index (χ1n) is 8.74. The summed E-state index contributed by atoms with van der Waals surface area (Å²) in [6, 6.07) is 15.8. The number of aromatic nitrogens is 3. The average Bonchev–Trinajstić information content (AvgIpc) is 3.37. The number of pyridine rings is 1. The molecule has 0 radical (unpaired) electrons. The van der Waals surface area contributed by atoms with Gasteiger partial charge in [-0.25, -0.2) is 12.9 Å². The molecule has 1 amide bonds. The topological polar surface area (TPSA) is 119 Å². The molecule has 3 heterocycles. The van der Waals surface area contributed by atoms with Crippen LogP contribution >= 0.6 is 0 Å². The fourth-order valence-corrected chi connectivity index (χ4v) is 3.68. The second-order valence-electron chi connectivity index (χ2n) is 6.24. The molecule has 0 aliphatic rings. The monoisotopic (exact) mass is 411 g/mol. The number of benzene rings is 1. The van der Waals surface area contributed by atoms with Crippen molar-refractivity contribution in [3.63, 3.8) is 0 Å². The highest BCUT2D eigenvalue weighted by Crippen LogP contribution is 2.19. The zero-order valence-corrected chi connectivity index (χ0v) is 16.0. The molecule has 0 bridgehead atoms. The maximum atomic E-state index is 12.3. The number of carbonyl (C=O) groups excluding carboxylic acids is 1. The summed E-state index contributed by atoms with van der Waals surface area (Å²) in [5.41, 5.74) is 2.06. The largest absolute Gasteiger partial charge is 0.355 e. The number of sulfonamides is 1. The number of amides is 1. The lowest BCUT2D eigenvalue weighted by molar-refractivity contribution is 0.0947. The predicted molar refractivity (Wildman–Crippen MR) is 107 cm³/mol. The molecule has 9 nitrogen and oxygen atoms in total. The second-order valence-corrected chi connectivity index (χ2v) is 8.08. The Morgan fingerprint density at radius 3 is 2.76 bits per heavy atom. The standard InChI is InChI=1S/C19H17N5O4S/c25-19(17-13-18(28-22-17)14-4-2-1-3-5-14)20-9-11-29(26,27)23-15-7-10-24-16(12-15)6-8-21-24/h1-8,10,12-13,23H,9,11H2,(H,20,25). The van der Waals surface area contributed by atoms with E-state index >= 15 is 0 Å². The van der Waals surface area contributed by atoms with Crippen LogP contribution < -0.4 is 10.0 Å². The molecule has 0 saturated carbocycles. The number of nitrogens with one attached hydrogen (secondary N) is 2. The van der Waals surface area contributed by atoms with E-state index in [0.717, 1.165) is 11.1 Å². The first-order valence-corrected chi connectivity index (χ1v) is 10.4. The molecule has 2 N–H and O–H groups in total. The van der Waals surface area contributed by atoms with Crippen molar-refractivity contribution in [1.82, 2.24) is 20.1 Å². The zero-order valence-electron chi connectivity index (χ0n) is 15.1. The highest BCUT2D eigenvalue weighted by Gasteiger charge is 2.16. The molecule has 0 unspecified atom stereocenters. The molecule has 4 rings (SSSR count). The van der Waals surface area contributed by atoms with E-state index in [9.17, 15) is 13.2 Å². The van der Waals surface area contributed by atoms with Gasteiger partial charge in [-0.1, -0.05) is 35.5 Å². The van der Waals surface area contributed by atoms with Crippen LogP contribution in [0.1, 0.15) is 10.5 Å². The summed E-state index contributed by atoms with van der Waals surface area (Å²) in [5, 5.41) is 10.3. The third-order valence-corrected chi connectivity index (χ3v) is 5.42. The summed E-state index contributed by atoms with van der Waals surface area (Å²) in [5.74, 6) is -0.334. The van der Waals surface area contributed by atoms with Crippen LogP contribution in [0.25, 0.3) is 16.8 Å². The molecule has 0 saturated heterocycles. The Morgan fingerprint density at radius 2 is 1.93 bits per heavy atom. The molecule has 10 heteroatoms. The van der Waals surface area contributed by atoms with Crippen LogP contribution in [0.3, 0.4) is 0 Å². The van der Waals surface area contributed by atoms with Gasteiger partial charge in [-0.05, 0) is 18.2 Å². The Kier molecular flexibility index (Phi) is 5.00. The normalized spacial score (nSPS) is 11.4. The Balaban J connectivity index is 1.33. The quantitative estimate of drug-likeness (QED) is 0.481. The number of anilines is 1. The van der Waals surface area contributed by atoms with Crippen molar-refractivity contribution in [2.75, 3.05) is 17.0 Å². The van der Waals surface area contributed by atoms with E-state index in [0.29, 0.717) is 11.4 Å². The molecule has 29 heavy (non-hydrogen) atoms. The maximum Gasteiger partial charge on any atom is 0.273 e. The van der Waals surface area contributed by atoms with Gasteiger partial charge < -0.3 is 9.84 Å².